The van der Waals surface area contributed by atoms with E-state index in [1.54, 1.807) is 17.4 Å². The lowest BCUT2D eigenvalue weighted by Gasteiger charge is -2.29. The maximum absolute atomic E-state index is 12.1. The molecular formula is C16H20N4O2. The third-order valence-electron chi connectivity index (χ3n) is 3.55. The molecule has 0 spiro atoms. The van der Waals surface area contributed by atoms with Crippen molar-refractivity contribution >= 4 is 22.7 Å². The molecular weight excluding hydrogens is 280 g/mol. The van der Waals surface area contributed by atoms with Crippen molar-refractivity contribution in [3.05, 3.63) is 30.4 Å². The molecule has 2 aromatic rings. The van der Waals surface area contributed by atoms with Crippen molar-refractivity contribution in [1.29, 1.82) is 0 Å². The van der Waals surface area contributed by atoms with Gasteiger partial charge in [-0.15, -0.1) is 0 Å². The summed E-state index contributed by atoms with van der Waals surface area (Å²) in [5, 5.41) is 0. The lowest BCUT2D eigenvalue weighted by Crippen LogP contribution is -2.39. The Hall–Kier alpha value is -2.37. The van der Waals surface area contributed by atoms with Crippen LogP contribution in [-0.2, 0) is 4.74 Å². The van der Waals surface area contributed by atoms with Crippen LogP contribution in [0.5, 0.6) is 0 Å². The first-order valence-electron chi connectivity index (χ1n) is 7.38. The Morgan fingerprint density at radius 3 is 2.91 bits per heavy atom. The lowest BCUT2D eigenvalue weighted by molar-refractivity contribution is 0.0270. The van der Waals surface area contributed by atoms with Gasteiger partial charge in [-0.3, -0.25) is 0 Å². The van der Waals surface area contributed by atoms with Gasteiger partial charge in [0.2, 0.25) is 0 Å². The molecule has 0 aliphatic carbocycles. The van der Waals surface area contributed by atoms with Crippen LogP contribution >= 0.6 is 0 Å². The molecule has 22 heavy (non-hydrogen) atoms. The smallest absolute Gasteiger partial charge is 0.410 e. The van der Waals surface area contributed by atoms with Crippen molar-refractivity contribution in [2.75, 3.05) is 13.1 Å². The van der Waals surface area contributed by atoms with Crippen LogP contribution in [0.2, 0.25) is 0 Å². The second-order valence-electron chi connectivity index (χ2n) is 6.39. The first-order chi connectivity index (χ1) is 10.4. The van der Waals surface area contributed by atoms with Crippen molar-refractivity contribution in [2.24, 2.45) is 0 Å². The number of ether oxygens (including phenoxy) is 1. The number of H-pyrrole nitrogens is 1. The average molecular weight is 300 g/mol. The van der Waals surface area contributed by atoms with E-state index in [2.05, 4.69) is 21.0 Å². The Morgan fingerprint density at radius 1 is 1.41 bits per heavy atom. The number of aromatic nitrogens is 3. The molecule has 0 fully saturated rings. The third kappa shape index (κ3) is 2.95. The van der Waals surface area contributed by atoms with Crippen LogP contribution in [0.15, 0.2) is 24.8 Å². The monoisotopic (exact) mass is 300 g/mol. The van der Waals surface area contributed by atoms with E-state index in [4.69, 9.17) is 4.74 Å². The highest BCUT2D eigenvalue weighted by atomic mass is 16.6. The standard InChI is InChI=1S/C16H20N4O2/c1-16(2,3)22-15(21)20-6-4-11(5-7-20)12-8-18-13-9-17-10-19-14(12)13/h4,8-10,18H,5-7H2,1-3H3. The first kappa shape index (κ1) is 14.6. The Balaban J connectivity index is 1.75. The quantitative estimate of drug-likeness (QED) is 0.879. The van der Waals surface area contributed by atoms with Crippen LogP contribution in [0.1, 0.15) is 32.8 Å². The molecule has 0 radical (unpaired) electrons. The number of rotatable bonds is 1. The van der Waals surface area contributed by atoms with E-state index >= 15 is 0 Å². The number of nitrogens with zero attached hydrogens (tertiary/aromatic N) is 3. The van der Waals surface area contributed by atoms with Gasteiger partial charge in [-0.05, 0) is 32.8 Å². The van der Waals surface area contributed by atoms with E-state index in [1.807, 2.05) is 27.0 Å². The number of amides is 1. The predicted molar refractivity (Wildman–Crippen MR) is 84.3 cm³/mol. The zero-order valence-corrected chi connectivity index (χ0v) is 13.1. The van der Waals surface area contributed by atoms with Crippen LogP contribution in [0.3, 0.4) is 0 Å². The summed E-state index contributed by atoms with van der Waals surface area (Å²) in [6.07, 6.45) is 7.87. The summed E-state index contributed by atoms with van der Waals surface area (Å²) >= 11 is 0. The minimum Gasteiger partial charge on any atom is -0.444 e. The van der Waals surface area contributed by atoms with Crippen LogP contribution in [0, 0.1) is 0 Å². The zero-order valence-electron chi connectivity index (χ0n) is 13.1. The van der Waals surface area contributed by atoms with Crippen LogP contribution in [0.25, 0.3) is 16.6 Å². The molecule has 1 aliphatic rings. The van der Waals surface area contributed by atoms with Gasteiger partial charge in [0.1, 0.15) is 11.9 Å². The van der Waals surface area contributed by atoms with Gasteiger partial charge in [0, 0.05) is 24.8 Å². The number of carbonyl (C=O) groups is 1. The summed E-state index contributed by atoms with van der Waals surface area (Å²) in [7, 11) is 0. The van der Waals surface area contributed by atoms with Crippen molar-refractivity contribution < 1.29 is 9.53 Å². The maximum atomic E-state index is 12.1. The number of fused-ring (bicyclic) bond motifs is 1. The van der Waals surface area contributed by atoms with Crippen molar-refractivity contribution in [1.82, 2.24) is 19.9 Å². The van der Waals surface area contributed by atoms with Crippen molar-refractivity contribution in [3.8, 4) is 0 Å². The van der Waals surface area contributed by atoms with Crippen LogP contribution in [0.4, 0.5) is 4.79 Å². The molecule has 0 unspecified atom stereocenters. The van der Waals surface area contributed by atoms with E-state index in [-0.39, 0.29) is 6.09 Å². The largest absolute Gasteiger partial charge is 0.444 e. The molecule has 0 aromatic carbocycles. The molecule has 3 heterocycles. The molecule has 6 heteroatoms. The normalized spacial score (nSPS) is 15.8. The number of carbonyl (C=O) groups excluding carboxylic acids is 1. The summed E-state index contributed by atoms with van der Waals surface area (Å²) in [4.78, 5) is 25.3. The summed E-state index contributed by atoms with van der Waals surface area (Å²) in [6, 6.07) is 0. The van der Waals surface area contributed by atoms with E-state index in [1.165, 1.54) is 5.57 Å². The minimum absolute atomic E-state index is 0.260. The van der Waals surface area contributed by atoms with Crippen molar-refractivity contribution in [3.63, 3.8) is 0 Å². The van der Waals surface area contributed by atoms with Gasteiger partial charge < -0.3 is 14.6 Å². The number of hydrogen-bond donors (Lipinski definition) is 1. The first-order valence-corrected chi connectivity index (χ1v) is 7.38. The molecule has 0 atom stereocenters. The van der Waals surface area contributed by atoms with Crippen LogP contribution < -0.4 is 0 Å². The zero-order chi connectivity index (χ0) is 15.7. The second kappa shape index (κ2) is 5.44. The van der Waals surface area contributed by atoms with E-state index in [9.17, 15) is 4.79 Å². The predicted octanol–water partition coefficient (Wildman–Crippen LogP) is 2.98. The molecule has 1 aliphatic heterocycles. The van der Waals surface area contributed by atoms with E-state index in [0.29, 0.717) is 13.1 Å². The Labute approximate surface area is 129 Å². The highest BCUT2D eigenvalue weighted by Gasteiger charge is 2.24. The van der Waals surface area contributed by atoms with E-state index < -0.39 is 5.60 Å². The number of hydrogen-bond acceptors (Lipinski definition) is 4. The molecule has 2 aromatic heterocycles. The summed E-state index contributed by atoms with van der Waals surface area (Å²) < 4.78 is 5.40. The molecule has 3 rings (SSSR count). The molecule has 116 valence electrons. The van der Waals surface area contributed by atoms with E-state index in [0.717, 1.165) is 23.0 Å². The lowest BCUT2D eigenvalue weighted by atomic mass is 10.0. The van der Waals surface area contributed by atoms with Crippen LogP contribution in [-0.4, -0.2) is 44.6 Å². The molecule has 1 amide bonds. The molecule has 0 saturated carbocycles. The van der Waals surface area contributed by atoms with Gasteiger partial charge >= 0.3 is 6.09 Å². The highest BCUT2D eigenvalue weighted by Crippen LogP contribution is 2.28. The van der Waals surface area contributed by atoms with Crippen molar-refractivity contribution in [2.45, 2.75) is 32.8 Å². The second-order valence-corrected chi connectivity index (χ2v) is 6.39. The topological polar surface area (TPSA) is 71.1 Å². The average Bonchev–Trinajstić information content (AvgIpc) is 2.89. The fourth-order valence-corrected chi connectivity index (χ4v) is 2.52. The minimum atomic E-state index is -0.463. The maximum Gasteiger partial charge on any atom is 0.410 e. The third-order valence-corrected chi connectivity index (χ3v) is 3.55. The Morgan fingerprint density at radius 2 is 2.23 bits per heavy atom. The molecule has 6 nitrogen and oxygen atoms in total. The van der Waals surface area contributed by atoms with Gasteiger partial charge in [0.25, 0.3) is 0 Å². The summed E-state index contributed by atoms with van der Waals surface area (Å²) in [5.74, 6) is 0. The Kier molecular flexibility index (Phi) is 3.60. The van der Waals surface area contributed by atoms with Gasteiger partial charge in [0.05, 0.1) is 17.2 Å². The SMILES string of the molecule is CC(C)(C)OC(=O)N1CC=C(c2c[nH]c3cncnc23)CC1. The summed E-state index contributed by atoms with van der Waals surface area (Å²) in [6.45, 7) is 6.84. The van der Waals surface area contributed by atoms with Gasteiger partial charge in [0.15, 0.2) is 0 Å². The number of aromatic amines is 1. The Bertz CT molecular complexity index is 727. The fourth-order valence-electron chi connectivity index (χ4n) is 2.52. The van der Waals surface area contributed by atoms with Gasteiger partial charge in [-0.25, -0.2) is 14.8 Å². The fraction of sp³-hybridized carbons (Fsp3) is 0.438. The van der Waals surface area contributed by atoms with Gasteiger partial charge in [-0.1, -0.05) is 6.08 Å². The molecule has 1 N–H and O–H groups in total. The summed E-state index contributed by atoms with van der Waals surface area (Å²) in [5.41, 5.74) is 3.67. The van der Waals surface area contributed by atoms with Gasteiger partial charge in [-0.2, -0.15) is 0 Å². The molecule has 0 bridgehead atoms. The number of nitrogens with one attached hydrogen (secondary N) is 1. The highest BCUT2D eigenvalue weighted by molar-refractivity contribution is 5.89. The molecule has 0 saturated heterocycles.